The molecule has 1 aromatic carbocycles. The van der Waals surface area contributed by atoms with Gasteiger partial charge in [0.15, 0.2) is 11.5 Å². The van der Waals surface area contributed by atoms with E-state index in [2.05, 4.69) is 23.1 Å². The third-order valence-corrected chi connectivity index (χ3v) is 4.76. The van der Waals surface area contributed by atoms with Gasteiger partial charge in [-0.05, 0) is 42.5 Å². The van der Waals surface area contributed by atoms with Crippen LogP contribution in [0, 0.1) is 11.8 Å². The first-order chi connectivity index (χ1) is 11.6. The highest BCUT2D eigenvalue weighted by Crippen LogP contribution is 2.37. The normalized spacial score (nSPS) is 26.5. The molecule has 1 amide bonds. The Labute approximate surface area is 142 Å². The first-order valence-electron chi connectivity index (χ1n) is 8.34. The molecule has 1 heterocycles. The van der Waals surface area contributed by atoms with Crippen molar-refractivity contribution < 1.29 is 14.3 Å². The molecule has 0 radical (unpaired) electrons. The Hall–Kier alpha value is -2.05. The number of hydrogen-bond donors (Lipinski definition) is 3. The maximum atomic E-state index is 12.2. The summed E-state index contributed by atoms with van der Waals surface area (Å²) in [4.78, 5) is 12.2. The number of rotatable bonds is 6. The highest BCUT2D eigenvalue weighted by atomic mass is 16.5. The summed E-state index contributed by atoms with van der Waals surface area (Å²) in [7, 11) is 3.19. The van der Waals surface area contributed by atoms with E-state index in [1.807, 2.05) is 18.2 Å². The van der Waals surface area contributed by atoms with Gasteiger partial charge in [0.2, 0.25) is 5.91 Å². The number of hydrogen-bond acceptors (Lipinski definition) is 5. The highest BCUT2D eigenvalue weighted by molar-refractivity contribution is 5.92. The molecule has 24 heavy (non-hydrogen) atoms. The lowest BCUT2D eigenvalue weighted by Gasteiger charge is -2.18. The maximum Gasteiger partial charge on any atom is 0.245 e. The molecule has 1 saturated carbocycles. The van der Waals surface area contributed by atoms with Crippen LogP contribution in [-0.2, 0) is 4.79 Å². The zero-order chi connectivity index (χ0) is 17.1. The minimum absolute atomic E-state index is 0.0434. The van der Waals surface area contributed by atoms with Gasteiger partial charge in [-0.15, -0.1) is 0 Å². The average molecular weight is 331 g/mol. The summed E-state index contributed by atoms with van der Waals surface area (Å²) < 4.78 is 10.5. The van der Waals surface area contributed by atoms with Crippen molar-refractivity contribution in [2.45, 2.75) is 32.0 Å². The number of benzene rings is 1. The number of nitrogens with one attached hydrogen (secondary N) is 3. The van der Waals surface area contributed by atoms with Gasteiger partial charge in [-0.3, -0.25) is 10.2 Å². The quantitative estimate of drug-likeness (QED) is 0.692. The van der Waals surface area contributed by atoms with E-state index < -0.39 is 0 Å². The van der Waals surface area contributed by atoms with Crippen LogP contribution in [0.15, 0.2) is 24.3 Å². The van der Waals surface area contributed by atoms with Crippen molar-refractivity contribution in [1.29, 1.82) is 0 Å². The van der Waals surface area contributed by atoms with Crippen molar-refractivity contribution in [3.05, 3.63) is 29.8 Å². The predicted molar refractivity (Wildman–Crippen MR) is 92.5 cm³/mol. The van der Waals surface area contributed by atoms with E-state index in [9.17, 15) is 4.79 Å². The van der Waals surface area contributed by atoms with Crippen molar-refractivity contribution in [1.82, 2.24) is 16.2 Å². The first kappa shape index (κ1) is 16.8. The minimum Gasteiger partial charge on any atom is -0.493 e. The summed E-state index contributed by atoms with van der Waals surface area (Å²) in [5.74, 6) is 2.31. The topological polar surface area (TPSA) is 71.6 Å². The molecule has 3 N–H and O–H groups in total. The minimum atomic E-state index is -0.118. The Balaban J connectivity index is 1.57. The molecule has 130 valence electrons. The van der Waals surface area contributed by atoms with Crippen LogP contribution in [0.4, 0.5) is 0 Å². The third kappa shape index (κ3) is 3.71. The molecular weight excluding hydrogens is 306 g/mol. The Kier molecular flexibility index (Phi) is 5.06. The molecule has 1 aromatic rings. The average Bonchev–Trinajstić information content (AvgIpc) is 3.38. The second-order valence-electron chi connectivity index (χ2n) is 6.45. The molecule has 6 heteroatoms. The fourth-order valence-electron chi connectivity index (χ4n) is 3.16. The molecule has 3 atom stereocenters. The van der Waals surface area contributed by atoms with E-state index >= 15 is 0 Å². The monoisotopic (exact) mass is 331 g/mol. The molecular formula is C18H25N3O3. The van der Waals surface area contributed by atoms with Gasteiger partial charge >= 0.3 is 0 Å². The van der Waals surface area contributed by atoms with Gasteiger partial charge in [-0.2, -0.15) is 0 Å². The largest absolute Gasteiger partial charge is 0.493 e. The molecule has 2 fully saturated rings. The number of amides is 1. The number of carbonyl (C=O) groups is 1. The van der Waals surface area contributed by atoms with E-state index in [0.29, 0.717) is 23.5 Å². The molecule has 0 aromatic heterocycles. The van der Waals surface area contributed by atoms with Crippen LogP contribution >= 0.6 is 0 Å². The lowest BCUT2D eigenvalue weighted by molar-refractivity contribution is -0.117. The summed E-state index contributed by atoms with van der Waals surface area (Å²) in [6, 6.07) is 5.99. The summed E-state index contributed by atoms with van der Waals surface area (Å²) in [6.07, 6.45) is 5.83. The molecule has 1 aliphatic carbocycles. The summed E-state index contributed by atoms with van der Waals surface area (Å²) in [5.41, 5.74) is 7.37. The lowest BCUT2D eigenvalue weighted by Crippen LogP contribution is -2.45. The van der Waals surface area contributed by atoms with E-state index in [1.54, 1.807) is 26.4 Å². The smallest absolute Gasteiger partial charge is 0.245 e. The second kappa shape index (κ2) is 7.23. The van der Waals surface area contributed by atoms with Crippen LogP contribution in [0.3, 0.4) is 0 Å². The Bertz CT molecular complexity index is 628. The van der Waals surface area contributed by atoms with Crippen molar-refractivity contribution in [2.24, 2.45) is 11.8 Å². The van der Waals surface area contributed by atoms with E-state index in [0.717, 1.165) is 11.5 Å². The highest BCUT2D eigenvalue weighted by Gasteiger charge is 2.42. The van der Waals surface area contributed by atoms with Crippen LogP contribution in [-0.4, -0.2) is 32.3 Å². The van der Waals surface area contributed by atoms with E-state index in [1.165, 1.54) is 12.8 Å². The molecule has 0 spiro atoms. The second-order valence-corrected chi connectivity index (χ2v) is 6.45. The van der Waals surface area contributed by atoms with Crippen molar-refractivity contribution in [2.75, 3.05) is 14.2 Å². The third-order valence-electron chi connectivity index (χ3n) is 4.76. The molecule has 3 unspecified atom stereocenters. The van der Waals surface area contributed by atoms with Gasteiger partial charge in [-0.1, -0.05) is 13.0 Å². The van der Waals surface area contributed by atoms with Gasteiger partial charge in [0.05, 0.1) is 20.4 Å². The number of methoxy groups -OCH3 is 2. The number of ether oxygens (including phenoxy) is 2. The van der Waals surface area contributed by atoms with Gasteiger partial charge in [0.1, 0.15) is 0 Å². The Morgan fingerprint density at radius 3 is 2.62 bits per heavy atom. The molecule has 0 bridgehead atoms. The number of carbonyl (C=O) groups excluding carboxylic acids is 1. The predicted octanol–water partition coefficient (Wildman–Crippen LogP) is 1.68. The first-order valence-corrected chi connectivity index (χ1v) is 8.34. The van der Waals surface area contributed by atoms with Gasteiger partial charge in [0.25, 0.3) is 0 Å². The van der Waals surface area contributed by atoms with Gasteiger partial charge in [-0.25, -0.2) is 5.43 Å². The van der Waals surface area contributed by atoms with Crippen LogP contribution in [0.25, 0.3) is 6.08 Å². The summed E-state index contributed by atoms with van der Waals surface area (Å²) in [6.45, 7) is 2.17. The lowest BCUT2D eigenvalue weighted by atomic mass is 9.97. The van der Waals surface area contributed by atoms with E-state index in [4.69, 9.17) is 9.47 Å². The molecule has 6 nitrogen and oxygen atoms in total. The fourth-order valence-corrected chi connectivity index (χ4v) is 3.16. The number of hydrazine groups is 1. The molecule has 1 saturated heterocycles. The van der Waals surface area contributed by atoms with Crippen molar-refractivity contribution >= 4 is 12.0 Å². The van der Waals surface area contributed by atoms with Gasteiger partial charge < -0.3 is 14.8 Å². The summed E-state index contributed by atoms with van der Waals surface area (Å²) in [5, 5.41) is 3.01. The fraction of sp³-hybridized carbons (Fsp3) is 0.500. The van der Waals surface area contributed by atoms with Crippen molar-refractivity contribution in [3.63, 3.8) is 0 Å². The Morgan fingerprint density at radius 1 is 1.21 bits per heavy atom. The maximum absolute atomic E-state index is 12.2. The van der Waals surface area contributed by atoms with Crippen LogP contribution < -0.4 is 25.6 Å². The van der Waals surface area contributed by atoms with Crippen LogP contribution in [0.1, 0.15) is 25.3 Å². The SMILES string of the molecule is COc1ccc(/C=C/C(=O)NC2NNC(C3CC3)C2C)cc1OC. The van der Waals surface area contributed by atoms with Crippen LogP contribution in [0.5, 0.6) is 11.5 Å². The molecule has 3 rings (SSSR count). The van der Waals surface area contributed by atoms with Gasteiger partial charge in [0, 0.05) is 18.0 Å². The van der Waals surface area contributed by atoms with Crippen molar-refractivity contribution in [3.8, 4) is 11.5 Å². The summed E-state index contributed by atoms with van der Waals surface area (Å²) >= 11 is 0. The zero-order valence-electron chi connectivity index (χ0n) is 14.3. The van der Waals surface area contributed by atoms with E-state index in [-0.39, 0.29) is 12.1 Å². The standard InChI is InChI=1S/C18H25N3O3/c1-11-17(13-6-7-13)20-21-18(11)19-16(22)9-5-12-4-8-14(23-2)15(10-12)24-3/h4-5,8-11,13,17-18,20-21H,6-7H2,1-3H3,(H,19,22)/b9-5+. The zero-order valence-corrected chi connectivity index (χ0v) is 14.3. The molecule has 2 aliphatic rings. The van der Waals surface area contributed by atoms with Crippen LogP contribution in [0.2, 0.25) is 0 Å². The Morgan fingerprint density at radius 2 is 1.96 bits per heavy atom. The molecule has 1 aliphatic heterocycles.